The lowest BCUT2D eigenvalue weighted by Gasteiger charge is -2.01. The van der Waals surface area contributed by atoms with Gasteiger partial charge < -0.3 is 9.84 Å². The van der Waals surface area contributed by atoms with E-state index in [0.29, 0.717) is 5.56 Å². The molecule has 0 radical (unpaired) electrons. The highest BCUT2D eigenvalue weighted by molar-refractivity contribution is 5.90. The molecule has 0 saturated carbocycles. The monoisotopic (exact) mass is 210 g/mol. The maximum absolute atomic E-state index is 13.0. The van der Waals surface area contributed by atoms with E-state index >= 15 is 0 Å². The molecular weight excluding hydrogens is 199 g/mol. The molecule has 1 aromatic carbocycles. The van der Waals surface area contributed by atoms with Crippen LogP contribution in [0.1, 0.15) is 15.9 Å². The fourth-order valence-corrected chi connectivity index (χ4v) is 1.13. The Hall–Kier alpha value is -1.68. The summed E-state index contributed by atoms with van der Waals surface area (Å²) in [4.78, 5) is 11.1. The molecule has 0 aliphatic heterocycles. The molecular formula is C11H11FO3. The van der Waals surface area contributed by atoms with Crippen molar-refractivity contribution in [1.82, 2.24) is 0 Å². The first-order valence-electron chi connectivity index (χ1n) is 4.33. The molecule has 80 valence electrons. The van der Waals surface area contributed by atoms with E-state index in [1.165, 1.54) is 31.4 Å². The van der Waals surface area contributed by atoms with Crippen LogP contribution in [0.3, 0.4) is 0 Å². The first-order valence-corrected chi connectivity index (χ1v) is 4.33. The summed E-state index contributed by atoms with van der Waals surface area (Å²) in [5.74, 6) is -1.11. The van der Waals surface area contributed by atoms with Gasteiger partial charge in [-0.2, -0.15) is 0 Å². The molecule has 0 heterocycles. The highest BCUT2D eigenvalue weighted by Crippen LogP contribution is 2.11. The van der Waals surface area contributed by atoms with Gasteiger partial charge in [0, 0.05) is 0 Å². The Morgan fingerprint density at radius 1 is 1.53 bits per heavy atom. The number of hydrogen-bond donors (Lipinski definition) is 1. The average Bonchev–Trinajstić information content (AvgIpc) is 2.24. The number of esters is 1. The molecule has 0 spiro atoms. The molecule has 0 bridgehead atoms. The molecule has 0 atom stereocenters. The number of methoxy groups -OCH3 is 1. The number of hydrogen-bond acceptors (Lipinski definition) is 3. The summed E-state index contributed by atoms with van der Waals surface area (Å²) in [6.07, 6.45) is 2.98. The Morgan fingerprint density at radius 2 is 2.27 bits per heavy atom. The van der Waals surface area contributed by atoms with E-state index < -0.39 is 11.8 Å². The van der Waals surface area contributed by atoms with Gasteiger partial charge in [-0.15, -0.1) is 0 Å². The quantitative estimate of drug-likeness (QED) is 0.771. The zero-order valence-corrected chi connectivity index (χ0v) is 8.24. The lowest BCUT2D eigenvalue weighted by molar-refractivity contribution is 0.0600. The molecule has 4 heteroatoms. The van der Waals surface area contributed by atoms with Crippen LogP contribution in [0, 0.1) is 5.82 Å². The summed E-state index contributed by atoms with van der Waals surface area (Å²) in [7, 11) is 1.23. The van der Waals surface area contributed by atoms with Crippen molar-refractivity contribution in [3.63, 3.8) is 0 Å². The van der Waals surface area contributed by atoms with E-state index in [2.05, 4.69) is 4.74 Å². The minimum absolute atomic E-state index is 0.135. The van der Waals surface area contributed by atoms with Gasteiger partial charge in [-0.1, -0.05) is 12.2 Å². The summed E-state index contributed by atoms with van der Waals surface area (Å²) in [6, 6.07) is 3.85. The fraction of sp³-hybridized carbons (Fsp3) is 0.182. The SMILES string of the molecule is COC(=O)c1cc(F)cc(C=CCO)c1. The van der Waals surface area contributed by atoms with Gasteiger partial charge in [0.1, 0.15) is 5.82 Å². The number of aliphatic hydroxyl groups is 1. The third-order valence-electron chi connectivity index (χ3n) is 1.76. The molecule has 0 fully saturated rings. The molecule has 0 unspecified atom stereocenters. The maximum Gasteiger partial charge on any atom is 0.337 e. The van der Waals surface area contributed by atoms with E-state index in [-0.39, 0.29) is 12.2 Å². The number of carbonyl (C=O) groups is 1. The van der Waals surface area contributed by atoms with E-state index in [4.69, 9.17) is 5.11 Å². The van der Waals surface area contributed by atoms with Crippen LogP contribution in [-0.4, -0.2) is 24.8 Å². The second-order valence-electron chi connectivity index (χ2n) is 2.85. The number of ether oxygens (including phenoxy) is 1. The van der Waals surface area contributed by atoms with E-state index in [9.17, 15) is 9.18 Å². The van der Waals surface area contributed by atoms with Crippen molar-refractivity contribution in [2.24, 2.45) is 0 Å². The lowest BCUT2D eigenvalue weighted by Crippen LogP contribution is -2.02. The molecule has 0 aromatic heterocycles. The summed E-state index contributed by atoms with van der Waals surface area (Å²) < 4.78 is 17.5. The van der Waals surface area contributed by atoms with Crippen LogP contribution in [0.25, 0.3) is 6.08 Å². The van der Waals surface area contributed by atoms with Crippen LogP contribution in [-0.2, 0) is 4.74 Å². The number of benzene rings is 1. The van der Waals surface area contributed by atoms with Crippen LogP contribution in [0.2, 0.25) is 0 Å². The van der Waals surface area contributed by atoms with Crippen LogP contribution in [0.15, 0.2) is 24.3 Å². The van der Waals surface area contributed by atoms with Gasteiger partial charge in [0.2, 0.25) is 0 Å². The molecule has 0 amide bonds. The fourth-order valence-electron chi connectivity index (χ4n) is 1.13. The topological polar surface area (TPSA) is 46.5 Å². The second-order valence-corrected chi connectivity index (χ2v) is 2.85. The standard InChI is InChI=1S/C11H11FO3/c1-15-11(14)9-5-8(3-2-4-13)6-10(12)7-9/h2-3,5-7,13H,4H2,1H3. The Labute approximate surface area is 86.8 Å². The van der Waals surface area contributed by atoms with Crippen molar-refractivity contribution < 1.29 is 19.0 Å². The number of rotatable bonds is 3. The number of carbonyl (C=O) groups excluding carboxylic acids is 1. The maximum atomic E-state index is 13.0. The number of aliphatic hydroxyl groups excluding tert-OH is 1. The third-order valence-corrected chi connectivity index (χ3v) is 1.76. The molecule has 0 aliphatic rings. The Bertz CT molecular complexity index is 385. The highest BCUT2D eigenvalue weighted by atomic mass is 19.1. The van der Waals surface area contributed by atoms with Gasteiger partial charge >= 0.3 is 5.97 Å². The second kappa shape index (κ2) is 5.26. The summed E-state index contributed by atoms with van der Waals surface area (Å²) in [5.41, 5.74) is 0.652. The molecule has 1 rings (SSSR count). The minimum atomic E-state index is -0.590. The van der Waals surface area contributed by atoms with Crippen LogP contribution in [0.5, 0.6) is 0 Å². The van der Waals surface area contributed by atoms with Crippen LogP contribution in [0.4, 0.5) is 4.39 Å². The van der Waals surface area contributed by atoms with Gasteiger partial charge in [0.15, 0.2) is 0 Å². The first-order chi connectivity index (χ1) is 7.17. The van der Waals surface area contributed by atoms with Crippen molar-refractivity contribution in [3.8, 4) is 0 Å². The minimum Gasteiger partial charge on any atom is -0.465 e. The van der Waals surface area contributed by atoms with Gasteiger partial charge in [0.05, 0.1) is 19.3 Å². The van der Waals surface area contributed by atoms with E-state index in [0.717, 1.165) is 6.07 Å². The molecule has 1 aromatic rings. The molecule has 0 saturated heterocycles. The van der Waals surface area contributed by atoms with E-state index in [1.807, 2.05) is 0 Å². The predicted molar refractivity (Wildman–Crippen MR) is 53.9 cm³/mol. The predicted octanol–water partition coefficient (Wildman–Crippen LogP) is 1.62. The van der Waals surface area contributed by atoms with Crippen molar-refractivity contribution in [2.45, 2.75) is 0 Å². The summed E-state index contributed by atoms with van der Waals surface area (Å²) in [5, 5.41) is 8.55. The zero-order valence-electron chi connectivity index (χ0n) is 8.24. The molecule has 15 heavy (non-hydrogen) atoms. The van der Waals surface area contributed by atoms with Gasteiger partial charge in [-0.3, -0.25) is 0 Å². The smallest absolute Gasteiger partial charge is 0.337 e. The van der Waals surface area contributed by atoms with Gasteiger partial charge in [0.25, 0.3) is 0 Å². The van der Waals surface area contributed by atoms with Gasteiger partial charge in [-0.05, 0) is 23.8 Å². The van der Waals surface area contributed by atoms with Crippen LogP contribution >= 0.6 is 0 Å². The zero-order chi connectivity index (χ0) is 11.3. The summed E-state index contributed by atoms with van der Waals surface area (Å²) in [6.45, 7) is -0.135. The van der Waals surface area contributed by atoms with Crippen molar-refractivity contribution in [2.75, 3.05) is 13.7 Å². The van der Waals surface area contributed by atoms with Crippen molar-refractivity contribution in [3.05, 3.63) is 41.2 Å². The molecule has 3 nitrogen and oxygen atoms in total. The summed E-state index contributed by atoms with van der Waals surface area (Å²) >= 11 is 0. The average molecular weight is 210 g/mol. The van der Waals surface area contributed by atoms with Gasteiger partial charge in [-0.25, -0.2) is 9.18 Å². The van der Waals surface area contributed by atoms with Crippen molar-refractivity contribution >= 4 is 12.0 Å². The largest absolute Gasteiger partial charge is 0.465 e. The Morgan fingerprint density at radius 3 is 2.87 bits per heavy atom. The first kappa shape index (κ1) is 11.4. The normalized spacial score (nSPS) is 10.6. The molecule has 1 N–H and O–H groups in total. The lowest BCUT2D eigenvalue weighted by atomic mass is 10.1. The number of halogens is 1. The van der Waals surface area contributed by atoms with Crippen LogP contribution < -0.4 is 0 Å². The Kier molecular flexibility index (Phi) is 4.00. The molecule has 0 aliphatic carbocycles. The van der Waals surface area contributed by atoms with Crippen molar-refractivity contribution in [1.29, 1.82) is 0 Å². The highest BCUT2D eigenvalue weighted by Gasteiger charge is 2.07. The Balaban J connectivity index is 3.05. The van der Waals surface area contributed by atoms with E-state index in [1.54, 1.807) is 0 Å². The third kappa shape index (κ3) is 3.18.